The van der Waals surface area contributed by atoms with E-state index in [1.54, 1.807) is 13.8 Å². The molecule has 2 N–H and O–H groups in total. The highest BCUT2D eigenvalue weighted by Gasteiger charge is 2.46. The Hall–Kier alpha value is -3.40. The molecule has 0 saturated heterocycles. The molecule has 0 radical (unpaired) electrons. The second kappa shape index (κ2) is 8.03. The Kier molecular flexibility index (Phi) is 5.40. The Morgan fingerprint density at radius 3 is 1.87 bits per heavy atom. The van der Waals surface area contributed by atoms with Crippen molar-refractivity contribution in [1.82, 2.24) is 0 Å². The van der Waals surface area contributed by atoms with Gasteiger partial charge in [-0.05, 0) is 52.3 Å². The van der Waals surface area contributed by atoms with Gasteiger partial charge in [-0.3, -0.25) is 9.59 Å². The molecule has 0 amide bonds. The SMILES string of the molecule is CC(CC1(CC(C)C(=O)O)c2ccccc2-c2ccc(-c3ccccc3)cc21)C(=O)O. The molecule has 1 aliphatic rings. The molecule has 1 aliphatic carbocycles. The standard InChI is InChI=1S/C27H26O4/c1-17(25(28)29)15-27(16-18(2)26(30)31)23-11-7-6-10-21(23)22-13-12-20(14-24(22)27)19-8-4-3-5-9-19/h3-14,17-18H,15-16H2,1-2H3,(H,28,29)(H,30,31). The molecule has 0 fully saturated rings. The molecule has 158 valence electrons. The van der Waals surface area contributed by atoms with Crippen molar-refractivity contribution in [2.45, 2.75) is 32.1 Å². The number of hydrogen-bond donors (Lipinski definition) is 2. The molecule has 0 saturated carbocycles. The zero-order valence-corrected chi connectivity index (χ0v) is 17.7. The number of carbonyl (C=O) groups is 2. The molecule has 0 bridgehead atoms. The summed E-state index contributed by atoms with van der Waals surface area (Å²) < 4.78 is 0. The van der Waals surface area contributed by atoms with Gasteiger partial charge in [-0.15, -0.1) is 0 Å². The van der Waals surface area contributed by atoms with Gasteiger partial charge in [0.15, 0.2) is 0 Å². The average molecular weight is 415 g/mol. The summed E-state index contributed by atoms with van der Waals surface area (Å²) in [6, 6.07) is 24.4. The van der Waals surface area contributed by atoms with Crippen LogP contribution in [0.15, 0.2) is 72.8 Å². The van der Waals surface area contributed by atoms with Crippen molar-refractivity contribution < 1.29 is 19.8 Å². The number of hydrogen-bond acceptors (Lipinski definition) is 2. The van der Waals surface area contributed by atoms with E-state index < -0.39 is 29.2 Å². The van der Waals surface area contributed by atoms with Crippen LogP contribution in [0.4, 0.5) is 0 Å². The summed E-state index contributed by atoms with van der Waals surface area (Å²) >= 11 is 0. The number of carboxylic acids is 2. The number of benzene rings is 3. The van der Waals surface area contributed by atoms with E-state index in [4.69, 9.17) is 0 Å². The van der Waals surface area contributed by atoms with E-state index >= 15 is 0 Å². The number of rotatable bonds is 7. The first kappa shape index (κ1) is 20.9. The molecule has 3 aromatic carbocycles. The van der Waals surface area contributed by atoms with Gasteiger partial charge in [0, 0.05) is 5.41 Å². The number of carboxylic acid groups (broad SMARTS) is 2. The van der Waals surface area contributed by atoms with Gasteiger partial charge in [0.05, 0.1) is 11.8 Å². The van der Waals surface area contributed by atoms with Gasteiger partial charge in [0.2, 0.25) is 0 Å². The van der Waals surface area contributed by atoms with Crippen LogP contribution in [0, 0.1) is 11.8 Å². The van der Waals surface area contributed by atoms with Gasteiger partial charge in [-0.1, -0.05) is 80.6 Å². The molecule has 0 aromatic heterocycles. The van der Waals surface area contributed by atoms with E-state index in [1.165, 1.54) is 0 Å². The molecule has 0 heterocycles. The first-order valence-corrected chi connectivity index (χ1v) is 10.6. The summed E-state index contributed by atoms with van der Waals surface area (Å²) in [4.78, 5) is 23.7. The van der Waals surface area contributed by atoms with Gasteiger partial charge >= 0.3 is 11.9 Å². The second-order valence-corrected chi connectivity index (χ2v) is 8.64. The van der Waals surface area contributed by atoms with Crippen LogP contribution in [0.25, 0.3) is 22.3 Å². The van der Waals surface area contributed by atoms with Crippen molar-refractivity contribution in [3.8, 4) is 22.3 Å². The van der Waals surface area contributed by atoms with Crippen molar-refractivity contribution in [3.05, 3.63) is 83.9 Å². The lowest BCUT2D eigenvalue weighted by atomic mass is 9.67. The Morgan fingerprint density at radius 2 is 1.26 bits per heavy atom. The Labute approximate surface area is 182 Å². The van der Waals surface area contributed by atoms with E-state index in [9.17, 15) is 19.8 Å². The van der Waals surface area contributed by atoms with Gasteiger partial charge in [-0.2, -0.15) is 0 Å². The van der Waals surface area contributed by atoms with Gasteiger partial charge < -0.3 is 10.2 Å². The molecular formula is C27H26O4. The zero-order chi connectivity index (χ0) is 22.2. The lowest BCUT2D eigenvalue weighted by Crippen LogP contribution is -2.34. The van der Waals surface area contributed by atoms with E-state index in [2.05, 4.69) is 24.3 Å². The highest BCUT2D eigenvalue weighted by Crippen LogP contribution is 2.55. The quantitative estimate of drug-likeness (QED) is 0.509. The zero-order valence-electron chi connectivity index (χ0n) is 17.7. The van der Waals surface area contributed by atoms with Gasteiger partial charge in [0.25, 0.3) is 0 Å². The summed E-state index contributed by atoms with van der Waals surface area (Å²) in [5.74, 6) is -2.96. The van der Waals surface area contributed by atoms with Crippen molar-refractivity contribution in [3.63, 3.8) is 0 Å². The van der Waals surface area contributed by atoms with Crippen molar-refractivity contribution in [2.75, 3.05) is 0 Å². The van der Waals surface area contributed by atoms with E-state index in [0.29, 0.717) is 12.8 Å². The van der Waals surface area contributed by atoms with E-state index in [1.807, 2.05) is 48.5 Å². The third kappa shape index (κ3) is 3.63. The van der Waals surface area contributed by atoms with Crippen molar-refractivity contribution in [1.29, 1.82) is 0 Å². The first-order chi connectivity index (χ1) is 14.8. The summed E-state index contributed by atoms with van der Waals surface area (Å²) in [5.41, 5.74) is 5.62. The van der Waals surface area contributed by atoms with Crippen LogP contribution >= 0.6 is 0 Å². The predicted octanol–water partition coefficient (Wildman–Crippen LogP) is 5.84. The molecule has 0 spiro atoms. The predicted molar refractivity (Wildman–Crippen MR) is 121 cm³/mol. The minimum Gasteiger partial charge on any atom is -0.481 e. The second-order valence-electron chi connectivity index (χ2n) is 8.64. The fraction of sp³-hybridized carbons (Fsp3) is 0.259. The lowest BCUT2D eigenvalue weighted by molar-refractivity contribution is -0.142. The molecule has 31 heavy (non-hydrogen) atoms. The molecule has 4 rings (SSSR count). The average Bonchev–Trinajstić information content (AvgIpc) is 3.03. The maximum atomic E-state index is 11.8. The van der Waals surface area contributed by atoms with Crippen molar-refractivity contribution in [2.24, 2.45) is 11.8 Å². The smallest absolute Gasteiger partial charge is 0.306 e. The summed E-state index contributed by atoms with van der Waals surface area (Å²) in [6.45, 7) is 3.41. The molecule has 0 aliphatic heterocycles. The van der Waals surface area contributed by atoms with Crippen LogP contribution in [0.5, 0.6) is 0 Å². The Balaban J connectivity index is 1.96. The minimum atomic E-state index is -0.868. The van der Waals surface area contributed by atoms with Crippen LogP contribution in [0.3, 0.4) is 0 Å². The topological polar surface area (TPSA) is 74.6 Å². The largest absolute Gasteiger partial charge is 0.481 e. The monoisotopic (exact) mass is 414 g/mol. The van der Waals surface area contributed by atoms with Crippen LogP contribution < -0.4 is 0 Å². The molecule has 4 nitrogen and oxygen atoms in total. The maximum absolute atomic E-state index is 11.8. The Bertz CT molecular complexity index is 1110. The van der Waals surface area contributed by atoms with Gasteiger partial charge in [-0.25, -0.2) is 0 Å². The highest BCUT2D eigenvalue weighted by atomic mass is 16.4. The van der Waals surface area contributed by atoms with E-state index in [0.717, 1.165) is 33.4 Å². The van der Waals surface area contributed by atoms with Crippen molar-refractivity contribution >= 4 is 11.9 Å². The van der Waals surface area contributed by atoms with Crippen LogP contribution in [0.1, 0.15) is 37.8 Å². The molecular weight excluding hydrogens is 388 g/mol. The van der Waals surface area contributed by atoms with Crippen LogP contribution in [-0.2, 0) is 15.0 Å². The summed E-state index contributed by atoms with van der Waals surface area (Å²) in [5, 5.41) is 19.4. The fourth-order valence-electron chi connectivity index (χ4n) is 5.01. The fourth-order valence-corrected chi connectivity index (χ4v) is 5.01. The van der Waals surface area contributed by atoms with Gasteiger partial charge in [0.1, 0.15) is 0 Å². The van der Waals surface area contributed by atoms with Crippen LogP contribution in [-0.4, -0.2) is 22.2 Å². The lowest BCUT2D eigenvalue weighted by Gasteiger charge is -2.35. The molecule has 3 aromatic rings. The maximum Gasteiger partial charge on any atom is 0.306 e. The summed E-state index contributed by atoms with van der Waals surface area (Å²) in [6.07, 6.45) is 0.699. The molecule has 2 atom stereocenters. The third-order valence-electron chi connectivity index (χ3n) is 6.53. The number of aliphatic carboxylic acids is 2. The third-order valence-corrected chi connectivity index (χ3v) is 6.53. The molecule has 4 heteroatoms. The minimum absolute atomic E-state index is 0.349. The Morgan fingerprint density at radius 1 is 0.710 bits per heavy atom. The van der Waals surface area contributed by atoms with Crippen LogP contribution in [0.2, 0.25) is 0 Å². The molecule has 2 unspecified atom stereocenters. The summed E-state index contributed by atoms with van der Waals surface area (Å²) in [7, 11) is 0. The number of fused-ring (bicyclic) bond motifs is 3. The van der Waals surface area contributed by atoms with E-state index in [-0.39, 0.29) is 0 Å². The normalized spacial score (nSPS) is 18.6. The first-order valence-electron chi connectivity index (χ1n) is 10.6. The highest BCUT2D eigenvalue weighted by molar-refractivity contribution is 5.85.